The minimum absolute atomic E-state index is 0.0700. The number of aromatic nitrogens is 1. The molecule has 0 spiro atoms. The van der Waals surface area contributed by atoms with Gasteiger partial charge in [0, 0.05) is 35.9 Å². The van der Waals surface area contributed by atoms with Gasteiger partial charge in [-0.3, -0.25) is 4.79 Å². The van der Waals surface area contributed by atoms with Crippen molar-refractivity contribution in [2.75, 3.05) is 36.8 Å². The van der Waals surface area contributed by atoms with Gasteiger partial charge < -0.3 is 20.6 Å². The highest BCUT2D eigenvalue weighted by Crippen LogP contribution is 2.34. The van der Waals surface area contributed by atoms with Gasteiger partial charge in [-0.05, 0) is 79.8 Å². The van der Waals surface area contributed by atoms with Crippen LogP contribution in [0.25, 0.3) is 16.5 Å². The maximum Gasteiger partial charge on any atom is 0.333 e. The summed E-state index contributed by atoms with van der Waals surface area (Å²) in [5, 5.41) is 18.0. The van der Waals surface area contributed by atoms with Gasteiger partial charge in [-0.1, -0.05) is 29.6 Å². The molecule has 0 bridgehead atoms. The molecule has 3 heterocycles. The van der Waals surface area contributed by atoms with E-state index in [1.165, 1.54) is 49.6 Å². The lowest BCUT2D eigenvalue weighted by Gasteiger charge is -2.26. The summed E-state index contributed by atoms with van der Waals surface area (Å²) in [5.74, 6) is -0.217. The summed E-state index contributed by atoms with van der Waals surface area (Å²) in [5.41, 5.74) is 1.06. The van der Waals surface area contributed by atoms with Crippen molar-refractivity contribution in [3.05, 3.63) is 74.3 Å². The second-order valence-electron chi connectivity index (χ2n) is 9.57. The molecule has 0 radical (unpaired) electrons. The zero-order valence-corrected chi connectivity index (χ0v) is 24.8. The number of nitrogens with one attached hydrogen (secondary N) is 3. The quantitative estimate of drug-likeness (QED) is 0.202. The number of rotatable bonds is 8. The average Bonchev–Trinajstić information content (AvgIpc) is 3.28. The number of hydrogen-bond donors (Lipinski definition) is 4. The number of carbonyl (C=O) groups excluding carboxylic acids is 1. The molecule has 14 heteroatoms. The molecule has 2 amide bonds. The van der Waals surface area contributed by atoms with Gasteiger partial charge in [0.15, 0.2) is 0 Å². The highest BCUT2D eigenvalue weighted by Gasteiger charge is 2.22. The van der Waals surface area contributed by atoms with E-state index in [2.05, 4.69) is 15.5 Å². The van der Waals surface area contributed by atoms with E-state index in [1.807, 2.05) is 16.9 Å². The van der Waals surface area contributed by atoms with Crippen LogP contribution in [0, 0.1) is 0 Å². The number of halogens is 2. The van der Waals surface area contributed by atoms with Gasteiger partial charge in [-0.25, -0.2) is 22.5 Å². The monoisotopic (exact) mass is 635 g/mol. The van der Waals surface area contributed by atoms with Crippen LogP contribution in [-0.4, -0.2) is 55.2 Å². The molecule has 0 atom stereocenters. The zero-order chi connectivity index (χ0) is 29.1. The van der Waals surface area contributed by atoms with Crippen LogP contribution in [0.4, 0.5) is 16.2 Å². The Kier molecular flexibility index (Phi) is 8.76. The first-order valence-electron chi connectivity index (χ1n) is 12.8. The molecule has 0 saturated carbocycles. The Morgan fingerprint density at radius 2 is 1.68 bits per heavy atom. The van der Waals surface area contributed by atoms with E-state index in [4.69, 9.17) is 23.2 Å². The first-order chi connectivity index (χ1) is 19.6. The summed E-state index contributed by atoms with van der Waals surface area (Å²) in [6, 6.07) is 13.1. The number of pyridine rings is 1. The van der Waals surface area contributed by atoms with Crippen molar-refractivity contribution in [3.63, 3.8) is 0 Å². The number of piperidine rings is 1. The minimum atomic E-state index is -4.18. The van der Waals surface area contributed by atoms with Crippen LogP contribution < -0.4 is 20.9 Å². The lowest BCUT2D eigenvalue weighted by Crippen LogP contribution is -2.33. The molecule has 1 aliphatic rings. The van der Waals surface area contributed by atoms with Crippen molar-refractivity contribution >= 4 is 72.7 Å². The van der Waals surface area contributed by atoms with Crippen LogP contribution in [0.2, 0.25) is 9.36 Å². The van der Waals surface area contributed by atoms with Gasteiger partial charge in [0.1, 0.15) is 8.55 Å². The van der Waals surface area contributed by atoms with Gasteiger partial charge in [-0.2, -0.15) is 0 Å². The first-order valence-corrected chi connectivity index (χ1v) is 15.9. The van der Waals surface area contributed by atoms with Gasteiger partial charge in [0.25, 0.3) is 15.6 Å². The molecule has 4 aromatic rings. The van der Waals surface area contributed by atoms with Gasteiger partial charge >= 0.3 is 6.03 Å². The molecule has 0 unspecified atom stereocenters. The smallest absolute Gasteiger partial charge is 0.333 e. The maximum atomic E-state index is 13.0. The normalized spacial score (nSPS) is 14.2. The molecule has 10 nitrogen and oxygen atoms in total. The van der Waals surface area contributed by atoms with E-state index in [0.29, 0.717) is 16.5 Å². The summed E-state index contributed by atoms with van der Waals surface area (Å²) < 4.78 is 27.8. The van der Waals surface area contributed by atoms with Crippen LogP contribution in [0.3, 0.4) is 0 Å². The fourth-order valence-corrected chi connectivity index (χ4v) is 7.48. The molecule has 41 heavy (non-hydrogen) atoms. The van der Waals surface area contributed by atoms with E-state index < -0.39 is 21.6 Å². The predicted molar refractivity (Wildman–Crippen MR) is 164 cm³/mol. The number of carbonyl (C=O) groups is 1. The van der Waals surface area contributed by atoms with E-state index in [0.717, 1.165) is 53.8 Å². The van der Waals surface area contributed by atoms with Crippen LogP contribution in [-0.2, 0) is 10.0 Å². The molecule has 0 aliphatic carbocycles. The Labute approximate surface area is 250 Å². The third-order valence-electron chi connectivity index (χ3n) is 6.71. The largest absolute Gasteiger partial charge is 0.494 e. The Morgan fingerprint density at radius 1 is 0.976 bits per heavy atom. The number of hydrogen-bond acceptors (Lipinski definition) is 8. The van der Waals surface area contributed by atoms with Crippen molar-refractivity contribution in [1.82, 2.24) is 14.2 Å². The van der Waals surface area contributed by atoms with E-state index in [9.17, 15) is 23.1 Å². The summed E-state index contributed by atoms with van der Waals surface area (Å²) in [6.45, 7) is 3.99. The molecule has 5 rings (SSSR count). The SMILES string of the molecule is O=C(Nc1ccc(-n2c(O)c3ccc(NCCN4CCCCC4)cc3cc2=O)cc1)NS(=O)(=O)c1cc(Cl)c(Cl)s1. The summed E-state index contributed by atoms with van der Waals surface area (Å²) in [6.07, 6.45) is 3.77. The van der Waals surface area contributed by atoms with Crippen molar-refractivity contribution in [1.29, 1.82) is 0 Å². The standard InChI is InChI=1S/C27H27Cl2N5O5S2/c28-22-16-24(40-25(22)29)41(38,39)32-27(37)31-18-4-7-20(8-5-18)34-23(35)15-17-14-19(6-9-21(17)26(34)36)30-10-13-33-11-2-1-3-12-33/h4-9,14-16,30,36H,1-3,10-13H2,(H2,31,32,37). The third kappa shape index (κ3) is 6.79. The lowest BCUT2D eigenvalue weighted by atomic mass is 10.1. The highest BCUT2D eigenvalue weighted by molar-refractivity contribution is 7.92. The maximum absolute atomic E-state index is 13.0. The summed E-state index contributed by atoms with van der Waals surface area (Å²) in [4.78, 5) is 27.7. The number of anilines is 2. The average molecular weight is 637 g/mol. The van der Waals surface area contributed by atoms with E-state index >= 15 is 0 Å². The Balaban J connectivity index is 1.26. The summed E-state index contributed by atoms with van der Waals surface area (Å²) in [7, 11) is -4.18. The molecule has 1 saturated heterocycles. The van der Waals surface area contributed by atoms with Crippen molar-refractivity contribution in [2.24, 2.45) is 0 Å². The van der Waals surface area contributed by atoms with E-state index in [-0.39, 0.29) is 25.1 Å². The molecule has 1 fully saturated rings. The van der Waals surface area contributed by atoms with Crippen LogP contribution in [0.15, 0.2) is 63.6 Å². The fraction of sp³-hybridized carbons (Fsp3) is 0.259. The third-order valence-corrected chi connectivity index (χ3v) is 10.4. The van der Waals surface area contributed by atoms with Gasteiger partial charge in [0.2, 0.25) is 5.88 Å². The number of aromatic hydroxyl groups is 1. The molecule has 4 N–H and O–H groups in total. The first kappa shape index (κ1) is 29.2. The number of benzene rings is 2. The van der Waals surface area contributed by atoms with Crippen LogP contribution in [0.5, 0.6) is 5.88 Å². The second-order valence-corrected chi connectivity index (χ2v) is 13.5. The molecular formula is C27H27Cl2N5O5S2. The van der Waals surface area contributed by atoms with Crippen LogP contribution in [0.1, 0.15) is 19.3 Å². The van der Waals surface area contributed by atoms with Crippen molar-refractivity contribution in [3.8, 4) is 11.6 Å². The number of urea groups is 1. The predicted octanol–water partition coefficient (Wildman–Crippen LogP) is 5.47. The number of fused-ring (bicyclic) bond motifs is 1. The Hall–Kier alpha value is -3.29. The number of amides is 2. The van der Waals surface area contributed by atoms with Crippen molar-refractivity contribution < 1.29 is 18.3 Å². The Bertz CT molecular complexity index is 1730. The number of nitrogens with zero attached hydrogens (tertiary/aromatic N) is 2. The van der Waals surface area contributed by atoms with Gasteiger partial charge in [-0.15, -0.1) is 11.3 Å². The molecular weight excluding hydrogens is 609 g/mol. The van der Waals surface area contributed by atoms with Crippen LogP contribution >= 0.6 is 34.5 Å². The Morgan fingerprint density at radius 3 is 2.37 bits per heavy atom. The molecule has 2 aromatic carbocycles. The fourth-order valence-electron chi connectivity index (χ4n) is 4.69. The summed E-state index contributed by atoms with van der Waals surface area (Å²) >= 11 is 12.4. The lowest BCUT2D eigenvalue weighted by molar-refractivity contribution is 0.237. The second kappa shape index (κ2) is 12.3. The molecule has 216 valence electrons. The minimum Gasteiger partial charge on any atom is -0.494 e. The highest BCUT2D eigenvalue weighted by atomic mass is 35.5. The van der Waals surface area contributed by atoms with Crippen molar-refractivity contribution in [2.45, 2.75) is 23.5 Å². The molecule has 2 aromatic heterocycles. The zero-order valence-electron chi connectivity index (χ0n) is 21.7. The number of likely N-dealkylation sites (tertiary alicyclic amines) is 1. The van der Waals surface area contributed by atoms with E-state index in [1.54, 1.807) is 6.07 Å². The van der Waals surface area contributed by atoms with Gasteiger partial charge in [0.05, 0.1) is 10.7 Å². The topological polar surface area (TPSA) is 133 Å². The number of sulfonamides is 1. The molecule has 1 aliphatic heterocycles. The number of thiophene rings is 1.